The smallest absolute Gasteiger partial charge is 0.178 e. The van der Waals surface area contributed by atoms with E-state index in [0.29, 0.717) is 9.24 Å². The number of hydrogen-bond acceptors (Lipinski definition) is 2. The van der Waals surface area contributed by atoms with Crippen molar-refractivity contribution in [3.05, 3.63) is 49.6 Å². The molecule has 2 heterocycles. The van der Waals surface area contributed by atoms with Gasteiger partial charge < -0.3 is 9.55 Å². The number of aromatic amines is 1. The van der Waals surface area contributed by atoms with E-state index in [2.05, 4.69) is 33.9 Å². The molecular weight excluding hydrogens is 359 g/mol. The highest BCUT2D eigenvalue weighted by molar-refractivity contribution is 9.10. The Morgan fingerprint density at radius 1 is 1.50 bits per heavy atom. The third-order valence-corrected chi connectivity index (χ3v) is 5.21. The number of nitrogens with one attached hydrogen (secondary N) is 1. The molecule has 1 N–H and O–H groups in total. The summed E-state index contributed by atoms with van der Waals surface area (Å²) in [7, 11) is 0. The van der Waals surface area contributed by atoms with E-state index >= 15 is 0 Å². The van der Waals surface area contributed by atoms with Crippen molar-refractivity contribution >= 4 is 50.5 Å². The van der Waals surface area contributed by atoms with Crippen LogP contribution < -0.4 is 0 Å². The van der Waals surface area contributed by atoms with Gasteiger partial charge in [-0.3, -0.25) is 0 Å². The highest BCUT2D eigenvalue weighted by Crippen LogP contribution is 2.31. The van der Waals surface area contributed by atoms with Gasteiger partial charge in [0.2, 0.25) is 0 Å². The lowest BCUT2D eigenvalue weighted by molar-refractivity contribution is 0.581. The van der Waals surface area contributed by atoms with Gasteiger partial charge in [0, 0.05) is 10.9 Å². The number of hydrogen-bond donors (Lipinski definition) is 1. The standard InChI is InChI=1S/C14H12BrFN2S2/c1-2-11(13-4-3-5-20-13)18-12-7-9(16)8(15)6-10(12)17-14(18)19/h3-7,11H,2H2,1H3,(H,17,19). The molecule has 0 fully saturated rings. The lowest BCUT2D eigenvalue weighted by Gasteiger charge is -2.16. The molecule has 0 radical (unpaired) electrons. The molecule has 3 rings (SSSR count). The summed E-state index contributed by atoms with van der Waals surface area (Å²) in [6.45, 7) is 2.11. The van der Waals surface area contributed by atoms with Crippen molar-refractivity contribution in [2.24, 2.45) is 0 Å². The molecular formula is C14H12BrFN2S2. The van der Waals surface area contributed by atoms with Crippen LogP contribution in [0.25, 0.3) is 11.0 Å². The number of rotatable bonds is 3. The molecule has 104 valence electrons. The van der Waals surface area contributed by atoms with Crippen molar-refractivity contribution < 1.29 is 4.39 Å². The van der Waals surface area contributed by atoms with Crippen LogP contribution in [0, 0.1) is 10.6 Å². The molecule has 1 aromatic carbocycles. The average Bonchev–Trinajstić information content (AvgIpc) is 3.02. The van der Waals surface area contributed by atoms with Gasteiger partial charge in [0.05, 0.1) is 21.5 Å². The van der Waals surface area contributed by atoms with Crippen LogP contribution in [0.15, 0.2) is 34.1 Å². The van der Waals surface area contributed by atoms with E-state index in [0.717, 1.165) is 17.5 Å². The molecule has 0 bridgehead atoms. The summed E-state index contributed by atoms with van der Waals surface area (Å²) in [5.74, 6) is -0.277. The molecule has 0 saturated carbocycles. The first-order chi connectivity index (χ1) is 9.61. The van der Waals surface area contributed by atoms with Gasteiger partial charge in [-0.05, 0) is 52.1 Å². The summed E-state index contributed by atoms with van der Waals surface area (Å²) in [5.41, 5.74) is 1.65. The predicted octanol–water partition coefficient (Wildman–Crippen LogP) is 5.66. The Morgan fingerprint density at radius 3 is 2.95 bits per heavy atom. The Kier molecular flexibility index (Phi) is 3.79. The van der Waals surface area contributed by atoms with Crippen molar-refractivity contribution in [1.29, 1.82) is 0 Å². The van der Waals surface area contributed by atoms with Crippen LogP contribution in [0.3, 0.4) is 0 Å². The largest absolute Gasteiger partial charge is 0.331 e. The van der Waals surface area contributed by atoms with Crippen molar-refractivity contribution in [1.82, 2.24) is 9.55 Å². The van der Waals surface area contributed by atoms with Gasteiger partial charge in [-0.2, -0.15) is 0 Å². The second-order valence-electron chi connectivity index (χ2n) is 4.52. The average molecular weight is 371 g/mol. The molecule has 1 atom stereocenters. The first-order valence-corrected chi connectivity index (χ1v) is 8.32. The molecule has 1 unspecified atom stereocenters. The topological polar surface area (TPSA) is 20.7 Å². The van der Waals surface area contributed by atoms with E-state index in [4.69, 9.17) is 12.2 Å². The normalized spacial score (nSPS) is 12.9. The number of nitrogens with zero attached hydrogens (tertiary/aromatic N) is 1. The fourth-order valence-corrected chi connectivity index (χ4v) is 4.00. The van der Waals surface area contributed by atoms with Crippen LogP contribution in [0.2, 0.25) is 0 Å². The summed E-state index contributed by atoms with van der Waals surface area (Å²) >= 11 is 10.3. The minimum atomic E-state index is -0.277. The van der Waals surface area contributed by atoms with Gasteiger partial charge >= 0.3 is 0 Å². The van der Waals surface area contributed by atoms with Crippen molar-refractivity contribution in [3.63, 3.8) is 0 Å². The van der Waals surface area contributed by atoms with E-state index in [9.17, 15) is 4.39 Å². The van der Waals surface area contributed by atoms with Gasteiger partial charge in [-0.15, -0.1) is 11.3 Å². The van der Waals surface area contributed by atoms with Gasteiger partial charge in [0.15, 0.2) is 4.77 Å². The molecule has 0 aliphatic rings. The predicted molar refractivity (Wildman–Crippen MR) is 87.5 cm³/mol. The maximum absolute atomic E-state index is 13.8. The lowest BCUT2D eigenvalue weighted by atomic mass is 10.1. The Bertz CT molecular complexity index is 805. The van der Waals surface area contributed by atoms with Crippen molar-refractivity contribution in [2.45, 2.75) is 19.4 Å². The molecule has 0 aliphatic heterocycles. The summed E-state index contributed by atoms with van der Waals surface area (Å²) in [6.07, 6.45) is 0.902. The number of benzene rings is 1. The summed E-state index contributed by atoms with van der Waals surface area (Å²) in [6, 6.07) is 7.52. The Morgan fingerprint density at radius 2 is 2.30 bits per heavy atom. The number of thiophene rings is 1. The van der Waals surface area contributed by atoms with Crippen LogP contribution in [-0.2, 0) is 0 Å². The Balaban J connectivity index is 2.27. The van der Waals surface area contributed by atoms with Crippen LogP contribution >= 0.6 is 39.5 Å². The first-order valence-electron chi connectivity index (χ1n) is 6.24. The second-order valence-corrected chi connectivity index (χ2v) is 6.74. The zero-order valence-corrected chi connectivity index (χ0v) is 13.9. The third kappa shape index (κ3) is 2.25. The number of aromatic nitrogens is 2. The fourth-order valence-electron chi connectivity index (χ4n) is 2.42. The van der Waals surface area contributed by atoms with Gasteiger partial charge in [0.1, 0.15) is 5.82 Å². The van der Waals surface area contributed by atoms with Gasteiger partial charge in [0.25, 0.3) is 0 Å². The van der Waals surface area contributed by atoms with E-state index in [-0.39, 0.29) is 11.9 Å². The molecule has 0 aliphatic carbocycles. The molecule has 2 aromatic heterocycles. The third-order valence-electron chi connectivity index (χ3n) is 3.33. The van der Waals surface area contributed by atoms with Crippen LogP contribution in [-0.4, -0.2) is 9.55 Å². The maximum atomic E-state index is 13.8. The Hall–Kier alpha value is -0.980. The number of fused-ring (bicyclic) bond motifs is 1. The molecule has 3 aromatic rings. The molecule has 20 heavy (non-hydrogen) atoms. The Labute approximate surface area is 133 Å². The number of halogens is 2. The maximum Gasteiger partial charge on any atom is 0.178 e. The van der Waals surface area contributed by atoms with Crippen LogP contribution in [0.5, 0.6) is 0 Å². The van der Waals surface area contributed by atoms with E-state index in [1.54, 1.807) is 17.4 Å². The SMILES string of the molecule is CCC(c1cccs1)n1c(=S)[nH]c2cc(Br)c(F)cc21. The van der Waals surface area contributed by atoms with Crippen LogP contribution in [0.1, 0.15) is 24.3 Å². The zero-order chi connectivity index (χ0) is 14.3. The minimum absolute atomic E-state index is 0.136. The highest BCUT2D eigenvalue weighted by Gasteiger charge is 2.18. The van der Waals surface area contributed by atoms with Crippen molar-refractivity contribution in [3.8, 4) is 0 Å². The first kappa shape index (κ1) is 14.0. The van der Waals surface area contributed by atoms with Gasteiger partial charge in [-0.1, -0.05) is 13.0 Å². The van der Waals surface area contributed by atoms with E-state index in [1.165, 1.54) is 10.9 Å². The van der Waals surface area contributed by atoms with Gasteiger partial charge in [-0.25, -0.2) is 4.39 Å². The zero-order valence-electron chi connectivity index (χ0n) is 10.7. The minimum Gasteiger partial charge on any atom is -0.331 e. The quantitative estimate of drug-likeness (QED) is 0.589. The molecule has 6 heteroatoms. The number of H-pyrrole nitrogens is 1. The molecule has 0 amide bonds. The second kappa shape index (κ2) is 5.42. The molecule has 0 saturated heterocycles. The fraction of sp³-hybridized carbons (Fsp3) is 0.214. The van der Waals surface area contributed by atoms with E-state index in [1.807, 2.05) is 16.0 Å². The summed E-state index contributed by atoms with van der Waals surface area (Å²) in [4.78, 5) is 4.39. The highest BCUT2D eigenvalue weighted by atomic mass is 79.9. The van der Waals surface area contributed by atoms with E-state index < -0.39 is 0 Å². The number of imidazole rings is 1. The lowest BCUT2D eigenvalue weighted by Crippen LogP contribution is -2.08. The molecule has 2 nitrogen and oxygen atoms in total. The summed E-state index contributed by atoms with van der Waals surface area (Å²) in [5, 5.41) is 2.05. The molecule has 0 spiro atoms. The summed E-state index contributed by atoms with van der Waals surface area (Å²) < 4.78 is 16.9. The monoisotopic (exact) mass is 370 g/mol. The van der Waals surface area contributed by atoms with Crippen molar-refractivity contribution in [2.75, 3.05) is 0 Å². The van der Waals surface area contributed by atoms with Crippen LogP contribution in [0.4, 0.5) is 4.39 Å².